The van der Waals surface area contributed by atoms with E-state index in [-0.39, 0.29) is 18.0 Å². The molecule has 9 nitrogen and oxygen atoms in total. The second kappa shape index (κ2) is 10.9. The van der Waals surface area contributed by atoms with E-state index in [9.17, 15) is 14.4 Å². The SMILES string of the molecule is CCc1ccc(C(CC)(NC(=O)c2cnn3c2N[C@@H](c2ccccc2)CC3(C)C)C(=O)N[C@H](C)C(N)=O)cc1. The van der Waals surface area contributed by atoms with Crippen molar-refractivity contribution in [3.8, 4) is 0 Å². The average Bonchev–Trinajstić information content (AvgIpc) is 3.37. The molecule has 9 heteroatoms. The third-order valence-corrected chi connectivity index (χ3v) is 7.68. The number of anilines is 1. The smallest absolute Gasteiger partial charge is 0.257 e. The van der Waals surface area contributed by atoms with Gasteiger partial charge in [-0.15, -0.1) is 0 Å². The van der Waals surface area contributed by atoms with Crippen molar-refractivity contribution in [2.24, 2.45) is 5.73 Å². The first-order chi connectivity index (χ1) is 18.5. The van der Waals surface area contributed by atoms with Crippen molar-refractivity contribution in [3.05, 3.63) is 83.0 Å². The molecule has 1 aromatic heterocycles. The predicted molar refractivity (Wildman–Crippen MR) is 151 cm³/mol. The molecule has 3 aromatic rings. The van der Waals surface area contributed by atoms with Crippen LogP contribution in [0.1, 0.15) is 80.6 Å². The van der Waals surface area contributed by atoms with Crippen LogP contribution in [0.2, 0.25) is 0 Å². The van der Waals surface area contributed by atoms with Crippen molar-refractivity contribution in [2.45, 2.75) is 77.0 Å². The van der Waals surface area contributed by atoms with Crippen molar-refractivity contribution in [2.75, 3.05) is 5.32 Å². The molecule has 2 aromatic carbocycles. The number of nitrogens with zero attached hydrogens (tertiary/aromatic N) is 2. The Kier molecular flexibility index (Phi) is 7.81. The number of rotatable bonds is 9. The van der Waals surface area contributed by atoms with Crippen LogP contribution in [0, 0.1) is 0 Å². The number of hydrogen-bond donors (Lipinski definition) is 4. The number of benzene rings is 2. The van der Waals surface area contributed by atoms with E-state index in [1.54, 1.807) is 0 Å². The van der Waals surface area contributed by atoms with Crippen molar-refractivity contribution in [1.82, 2.24) is 20.4 Å². The molecule has 1 aliphatic rings. The lowest BCUT2D eigenvalue weighted by atomic mass is 9.84. The van der Waals surface area contributed by atoms with Crippen molar-refractivity contribution >= 4 is 23.5 Å². The Balaban J connectivity index is 1.73. The molecule has 3 amide bonds. The molecular formula is C30H38N6O3. The maximum absolute atomic E-state index is 14.0. The van der Waals surface area contributed by atoms with Gasteiger partial charge in [0.2, 0.25) is 5.91 Å². The molecule has 0 spiro atoms. The van der Waals surface area contributed by atoms with Gasteiger partial charge in [0.05, 0.1) is 17.8 Å². The van der Waals surface area contributed by atoms with Gasteiger partial charge in [-0.05, 0) is 56.7 Å². The normalized spacial score (nSPS) is 18.1. The highest BCUT2D eigenvalue weighted by Crippen LogP contribution is 2.40. The van der Waals surface area contributed by atoms with E-state index in [0.29, 0.717) is 16.9 Å². The summed E-state index contributed by atoms with van der Waals surface area (Å²) in [5, 5.41) is 13.8. The number of fused-ring (bicyclic) bond motifs is 1. The first-order valence-electron chi connectivity index (χ1n) is 13.4. The standard InChI is InChI=1S/C30H38N6O3/c1-6-20-13-15-22(16-14-20)30(7-2,28(39)33-19(3)25(31)37)35-27(38)23-18-32-36-26(23)34-24(17-29(36,4)5)21-11-9-8-10-12-21/h8-16,18-19,24,34H,6-7,17H2,1-5H3,(H2,31,37)(H,33,39)(H,35,38)/t19-,24-,30?/m1/s1. The molecule has 0 fully saturated rings. The lowest BCUT2D eigenvalue weighted by molar-refractivity contribution is -0.131. The molecule has 0 saturated carbocycles. The Morgan fingerprint density at radius 2 is 1.79 bits per heavy atom. The van der Waals surface area contributed by atoms with E-state index >= 15 is 0 Å². The molecular weight excluding hydrogens is 492 g/mol. The number of nitrogens with two attached hydrogens (primary N) is 1. The summed E-state index contributed by atoms with van der Waals surface area (Å²) in [6.45, 7) is 9.57. The lowest BCUT2D eigenvalue weighted by Gasteiger charge is -2.38. The van der Waals surface area contributed by atoms with Crippen LogP contribution in [0.15, 0.2) is 60.8 Å². The molecule has 1 unspecified atom stereocenters. The maximum Gasteiger partial charge on any atom is 0.257 e. The Morgan fingerprint density at radius 1 is 1.13 bits per heavy atom. The third-order valence-electron chi connectivity index (χ3n) is 7.68. The summed E-state index contributed by atoms with van der Waals surface area (Å²) in [6.07, 6.45) is 3.40. The number of nitrogens with one attached hydrogen (secondary N) is 3. The highest BCUT2D eigenvalue weighted by atomic mass is 16.2. The highest BCUT2D eigenvalue weighted by molar-refractivity contribution is 6.03. The zero-order chi connectivity index (χ0) is 28.4. The van der Waals surface area contributed by atoms with E-state index in [1.807, 2.05) is 61.0 Å². The molecule has 0 bridgehead atoms. The molecule has 4 rings (SSSR count). The Morgan fingerprint density at radius 3 is 2.38 bits per heavy atom. The number of aryl methyl sites for hydroxylation is 1. The molecule has 206 valence electrons. The van der Waals surface area contributed by atoms with Crippen molar-refractivity contribution in [3.63, 3.8) is 0 Å². The highest BCUT2D eigenvalue weighted by Gasteiger charge is 2.43. The zero-order valence-electron chi connectivity index (χ0n) is 23.2. The number of amides is 3. The van der Waals surface area contributed by atoms with Gasteiger partial charge in [0.25, 0.3) is 11.8 Å². The van der Waals surface area contributed by atoms with Crippen LogP contribution in [0.25, 0.3) is 0 Å². The minimum atomic E-state index is -1.44. The van der Waals surface area contributed by atoms with Gasteiger partial charge in [0, 0.05) is 0 Å². The summed E-state index contributed by atoms with van der Waals surface area (Å²) in [5.41, 5.74) is 6.80. The topological polar surface area (TPSA) is 131 Å². The summed E-state index contributed by atoms with van der Waals surface area (Å²) >= 11 is 0. The van der Waals surface area contributed by atoms with Gasteiger partial charge in [-0.25, -0.2) is 4.68 Å². The fourth-order valence-electron chi connectivity index (χ4n) is 5.19. The van der Waals surface area contributed by atoms with Crippen LogP contribution >= 0.6 is 0 Å². The number of carbonyl (C=O) groups excluding carboxylic acids is 3. The molecule has 1 aliphatic heterocycles. The van der Waals surface area contributed by atoms with E-state index in [2.05, 4.69) is 47.0 Å². The lowest BCUT2D eigenvalue weighted by Crippen LogP contribution is -2.59. The Labute approximate surface area is 229 Å². The summed E-state index contributed by atoms with van der Waals surface area (Å²) in [4.78, 5) is 39.4. The Hall–Kier alpha value is -4.14. The third kappa shape index (κ3) is 5.39. The minimum absolute atomic E-state index is 0.0193. The molecule has 0 saturated heterocycles. The molecule has 39 heavy (non-hydrogen) atoms. The quantitative estimate of drug-likeness (QED) is 0.335. The number of aromatic nitrogens is 2. The fraction of sp³-hybridized carbons (Fsp3) is 0.400. The monoisotopic (exact) mass is 530 g/mol. The van der Waals surface area contributed by atoms with Crippen LogP contribution in [0.5, 0.6) is 0 Å². The minimum Gasteiger partial charge on any atom is -0.368 e. The maximum atomic E-state index is 14.0. The van der Waals surface area contributed by atoms with E-state index in [4.69, 9.17) is 5.73 Å². The Bertz CT molecular complexity index is 1350. The second-order valence-electron chi connectivity index (χ2n) is 10.8. The fourth-order valence-corrected chi connectivity index (χ4v) is 5.19. The van der Waals surface area contributed by atoms with E-state index in [0.717, 1.165) is 24.0 Å². The van der Waals surface area contributed by atoms with Gasteiger partial charge in [-0.1, -0.05) is 68.4 Å². The molecule has 3 atom stereocenters. The number of primary amides is 1. The zero-order valence-corrected chi connectivity index (χ0v) is 23.2. The van der Waals surface area contributed by atoms with Crippen LogP contribution in [0.3, 0.4) is 0 Å². The summed E-state index contributed by atoms with van der Waals surface area (Å²) in [5.74, 6) is -1.03. The second-order valence-corrected chi connectivity index (χ2v) is 10.8. The molecule has 0 radical (unpaired) electrons. The predicted octanol–water partition coefficient (Wildman–Crippen LogP) is 3.76. The van der Waals surface area contributed by atoms with Crippen LogP contribution in [-0.4, -0.2) is 33.5 Å². The number of carbonyl (C=O) groups is 3. The van der Waals surface area contributed by atoms with Crippen molar-refractivity contribution in [1.29, 1.82) is 0 Å². The summed E-state index contributed by atoms with van der Waals surface area (Å²) in [6, 6.07) is 16.7. The van der Waals surface area contributed by atoms with Crippen LogP contribution < -0.4 is 21.7 Å². The van der Waals surface area contributed by atoms with Crippen LogP contribution in [-0.2, 0) is 27.1 Å². The van der Waals surface area contributed by atoms with Crippen LogP contribution in [0.4, 0.5) is 5.82 Å². The van der Waals surface area contributed by atoms with Gasteiger partial charge in [-0.3, -0.25) is 14.4 Å². The van der Waals surface area contributed by atoms with E-state index < -0.39 is 29.3 Å². The largest absolute Gasteiger partial charge is 0.368 e. The summed E-state index contributed by atoms with van der Waals surface area (Å²) in [7, 11) is 0. The van der Waals surface area contributed by atoms with Gasteiger partial charge in [0.15, 0.2) is 0 Å². The number of hydrogen-bond acceptors (Lipinski definition) is 5. The first-order valence-corrected chi connectivity index (χ1v) is 13.4. The van der Waals surface area contributed by atoms with Gasteiger partial charge in [0.1, 0.15) is 23.0 Å². The van der Waals surface area contributed by atoms with Crippen molar-refractivity contribution < 1.29 is 14.4 Å². The molecule has 0 aliphatic carbocycles. The van der Waals surface area contributed by atoms with Gasteiger partial charge in [-0.2, -0.15) is 5.10 Å². The average molecular weight is 531 g/mol. The van der Waals surface area contributed by atoms with Gasteiger partial charge < -0.3 is 21.7 Å². The molecule has 5 N–H and O–H groups in total. The van der Waals surface area contributed by atoms with E-state index in [1.165, 1.54) is 13.1 Å². The summed E-state index contributed by atoms with van der Waals surface area (Å²) < 4.78 is 1.83. The van der Waals surface area contributed by atoms with Gasteiger partial charge >= 0.3 is 0 Å². The molecule has 2 heterocycles. The first kappa shape index (κ1) is 27.9.